The van der Waals surface area contributed by atoms with Crippen molar-refractivity contribution in [2.45, 2.75) is 18.1 Å². The van der Waals surface area contributed by atoms with E-state index in [1.165, 1.54) is 7.11 Å². The lowest BCUT2D eigenvalue weighted by molar-refractivity contribution is -0.131. The second-order valence-electron chi connectivity index (χ2n) is 5.85. The van der Waals surface area contributed by atoms with Crippen LogP contribution in [-0.2, 0) is 4.79 Å². The number of carbonyl (C=O) groups excluding carboxylic acids is 2. The Kier molecular flexibility index (Phi) is 4.46. The van der Waals surface area contributed by atoms with Gasteiger partial charge in [-0.15, -0.1) is 0 Å². The molecule has 4 unspecified atom stereocenters. The number of aliphatic hydroxyl groups excluding tert-OH is 2. The van der Waals surface area contributed by atoms with Crippen molar-refractivity contribution >= 4 is 11.6 Å². The van der Waals surface area contributed by atoms with Gasteiger partial charge in [0.05, 0.1) is 13.0 Å². The highest BCUT2D eigenvalue weighted by Crippen LogP contribution is 2.40. The minimum atomic E-state index is -1.51. The van der Waals surface area contributed by atoms with Crippen LogP contribution in [0.2, 0.25) is 0 Å². The average molecular weight is 326 g/mol. The highest BCUT2D eigenvalue weighted by Gasteiger charge is 2.52. The van der Waals surface area contributed by atoms with Gasteiger partial charge in [0, 0.05) is 11.5 Å². The van der Waals surface area contributed by atoms with Gasteiger partial charge in [-0.2, -0.15) is 0 Å². The van der Waals surface area contributed by atoms with Crippen molar-refractivity contribution in [1.82, 2.24) is 0 Å². The van der Waals surface area contributed by atoms with E-state index in [0.717, 1.165) is 0 Å². The van der Waals surface area contributed by atoms with Crippen LogP contribution in [0.3, 0.4) is 0 Å². The molecule has 1 fully saturated rings. The second-order valence-corrected chi connectivity index (χ2v) is 5.85. The Morgan fingerprint density at radius 3 is 2.17 bits per heavy atom. The van der Waals surface area contributed by atoms with Gasteiger partial charge in [-0.3, -0.25) is 9.59 Å². The average Bonchev–Trinajstić information content (AvgIpc) is 2.86. The van der Waals surface area contributed by atoms with Gasteiger partial charge in [-0.1, -0.05) is 30.3 Å². The smallest absolute Gasteiger partial charge is 0.191 e. The van der Waals surface area contributed by atoms with E-state index in [1.807, 2.05) is 6.07 Å². The Labute approximate surface area is 139 Å². The fourth-order valence-electron chi connectivity index (χ4n) is 3.24. The molecule has 0 heterocycles. The third kappa shape index (κ3) is 2.72. The molecule has 5 heteroatoms. The molecule has 1 aliphatic carbocycles. The van der Waals surface area contributed by atoms with Crippen molar-refractivity contribution in [3.63, 3.8) is 0 Å². The molecule has 0 saturated heterocycles. The molecule has 24 heavy (non-hydrogen) atoms. The van der Waals surface area contributed by atoms with Crippen molar-refractivity contribution in [2.75, 3.05) is 7.11 Å². The summed E-state index contributed by atoms with van der Waals surface area (Å²) >= 11 is 0. The normalized spacial score (nSPS) is 26.4. The Morgan fingerprint density at radius 2 is 1.58 bits per heavy atom. The summed E-state index contributed by atoms with van der Waals surface area (Å²) in [5.74, 6) is -2.25. The lowest BCUT2D eigenvalue weighted by Gasteiger charge is -2.22. The fraction of sp³-hybridized carbons (Fsp3) is 0.263. The van der Waals surface area contributed by atoms with Crippen LogP contribution in [0.5, 0.6) is 5.75 Å². The van der Waals surface area contributed by atoms with Crippen molar-refractivity contribution in [3.8, 4) is 5.75 Å². The largest absolute Gasteiger partial charge is 0.497 e. The summed E-state index contributed by atoms with van der Waals surface area (Å²) in [7, 11) is 1.53. The molecule has 0 bridgehead atoms. The molecule has 0 aliphatic heterocycles. The number of methoxy groups -OCH3 is 1. The zero-order valence-corrected chi connectivity index (χ0v) is 13.1. The number of hydrogen-bond donors (Lipinski definition) is 2. The maximum absolute atomic E-state index is 12.9. The van der Waals surface area contributed by atoms with Gasteiger partial charge in [0.25, 0.3) is 0 Å². The van der Waals surface area contributed by atoms with Gasteiger partial charge in [0.15, 0.2) is 11.6 Å². The zero-order chi connectivity index (χ0) is 17.3. The number of rotatable bonds is 4. The summed E-state index contributed by atoms with van der Waals surface area (Å²) in [6.45, 7) is 0. The third-order valence-electron chi connectivity index (χ3n) is 4.51. The molecule has 2 N–H and O–H groups in total. The molecule has 124 valence electrons. The van der Waals surface area contributed by atoms with E-state index in [0.29, 0.717) is 16.9 Å². The monoisotopic (exact) mass is 326 g/mol. The number of hydrogen-bond acceptors (Lipinski definition) is 5. The first-order chi connectivity index (χ1) is 11.5. The van der Waals surface area contributed by atoms with Crippen LogP contribution in [-0.4, -0.2) is 41.1 Å². The summed E-state index contributed by atoms with van der Waals surface area (Å²) in [5, 5.41) is 20.5. The van der Waals surface area contributed by atoms with Gasteiger partial charge in [0.2, 0.25) is 0 Å². The molecule has 0 amide bonds. The molecule has 4 atom stereocenters. The Morgan fingerprint density at radius 1 is 0.958 bits per heavy atom. The number of benzene rings is 2. The minimum Gasteiger partial charge on any atom is -0.497 e. The van der Waals surface area contributed by atoms with E-state index < -0.39 is 29.8 Å². The standard InChI is InChI=1S/C19H18O5/c1-24-13-9-7-12(8-10-13)16(20)15-14(11-5-3-2-4-6-11)17(21)19(23)18(15)22/h2-10,14-15,17-18,21-22H,1H3. The predicted octanol–water partition coefficient (Wildman–Crippen LogP) is 1.58. The Hall–Kier alpha value is -2.50. The molecule has 5 nitrogen and oxygen atoms in total. The van der Waals surface area contributed by atoms with E-state index >= 15 is 0 Å². The van der Waals surface area contributed by atoms with Gasteiger partial charge in [0.1, 0.15) is 18.0 Å². The van der Waals surface area contributed by atoms with E-state index in [4.69, 9.17) is 4.74 Å². The number of Topliss-reactive ketones (excluding diaryl/α,β-unsaturated/α-hetero) is 2. The number of ether oxygens (including phenoxy) is 1. The minimum absolute atomic E-state index is 0.364. The maximum atomic E-state index is 12.9. The predicted molar refractivity (Wildman–Crippen MR) is 87.0 cm³/mol. The molecule has 0 spiro atoms. The van der Waals surface area contributed by atoms with Crippen molar-refractivity contribution in [2.24, 2.45) is 5.92 Å². The number of ketones is 2. The van der Waals surface area contributed by atoms with E-state index in [1.54, 1.807) is 48.5 Å². The molecular weight excluding hydrogens is 308 g/mol. The van der Waals surface area contributed by atoms with E-state index in [-0.39, 0.29) is 5.78 Å². The van der Waals surface area contributed by atoms with Gasteiger partial charge in [-0.25, -0.2) is 0 Å². The first kappa shape index (κ1) is 16.4. The molecule has 1 aliphatic rings. The van der Waals surface area contributed by atoms with Crippen LogP contribution in [0, 0.1) is 5.92 Å². The van der Waals surface area contributed by atoms with Crippen LogP contribution in [0.25, 0.3) is 0 Å². The molecule has 3 rings (SSSR count). The topological polar surface area (TPSA) is 83.8 Å². The summed E-state index contributed by atoms with van der Waals surface area (Å²) in [6, 6.07) is 15.3. The van der Waals surface area contributed by atoms with E-state index in [9.17, 15) is 19.8 Å². The molecule has 0 radical (unpaired) electrons. The van der Waals surface area contributed by atoms with Crippen LogP contribution >= 0.6 is 0 Å². The van der Waals surface area contributed by atoms with Crippen LogP contribution in [0.15, 0.2) is 54.6 Å². The summed E-state index contributed by atoms with van der Waals surface area (Å²) in [6.07, 6.45) is -2.91. The third-order valence-corrected chi connectivity index (χ3v) is 4.51. The molecule has 2 aromatic rings. The molecular formula is C19H18O5. The quantitative estimate of drug-likeness (QED) is 0.834. The zero-order valence-electron chi connectivity index (χ0n) is 13.1. The first-order valence-corrected chi connectivity index (χ1v) is 7.67. The van der Waals surface area contributed by atoms with Crippen molar-refractivity contribution in [1.29, 1.82) is 0 Å². The SMILES string of the molecule is COc1ccc(C(=O)C2C(O)C(=O)C(O)C2c2ccccc2)cc1. The number of carbonyl (C=O) groups is 2. The lowest BCUT2D eigenvalue weighted by Crippen LogP contribution is -2.30. The van der Waals surface area contributed by atoms with Crippen LogP contribution in [0.1, 0.15) is 21.8 Å². The number of aliphatic hydroxyl groups is 2. The molecule has 1 saturated carbocycles. The summed E-state index contributed by atoms with van der Waals surface area (Å²) < 4.78 is 5.07. The van der Waals surface area contributed by atoms with Crippen molar-refractivity contribution in [3.05, 3.63) is 65.7 Å². The van der Waals surface area contributed by atoms with Gasteiger partial charge >= 0.3 is 0 Å². The Balaban J connectivity index is 1.98. The highest BCUT2D eigenvalue weighted by atomic mass is 16.5. The highest BCUT2D eigenvalue weighted by molar-refractivity contribution is 6.06. The van der Waals surface area contributed by atoms with Gasteiger partial charge < -0.3 is 14.9 Å². The van der Waals surface area contributed by atoms with Gasteiger partial charge in [-0.05, 0) is 29.8 Å². The summed E-state index contributed by atoms with van der Waals surface area (Å²) in [4.78, 5) is 24.9. The fourth-order valence-corrected chi connectivity index (χ4v) is 3.24. The first-order valence-electron chi connectivity index (χ1n) is 7.67. The van der Waals surface area contributed by atoms with E-state index in [2.05, 4.69) is 0 Å². The van der Waals surface area contributed by atoms with Crippen LogP contribution < -0.4 is 4.74 Å². The Bertz CT molecular complexity index is 738. The van der Waals surface area contributed by atoms with Crippen LogP contribution in [0.4, 0.5) is 0 Å². The summed E-state index contributed by atoms with van der Waals surface area (Å²) in [5.41, 5.74) is 1.02. The molecule has 2 aromatic carbocycles. The van der Waals surface area contributed by atoms with Crippen molar-refractivity contribution < 1.29 is 24.5 Å². The second kappa shape index (κ2) is 6.55. The molecule has 0 aromatic heterocycles. The lowest BCUT2D eigenvalue weighted by atomic mass is 9.82. The maximum Gasteiger partial charge on any atom is 0.191 e.